The topological polar surface area (TPSA) is 76.5 Å². The lowest BCUT2D eigenvalue weighted by Crippen LogP contribution is -3.06. The number of aryl methyl sites for hydroxylation is 1. The summed E-state index contributed by atoms with van der Waals surface area (Å²) < 4.78 is 4.77. The van der Waals surface area contributed by atoms with Crippen LogP contribution in [0.25, 0.3) is 10.2 Å². The van der Waals surface area contributed by atoms with E-state index >= 15 is 0 Å². The van der Waals surface area contributed by atoms with Crippen LogP contribution in [-0.2, 0) is 17.8 Å². The van der Waals surface area contributed by atoms with E-state index in [1.165, 1.54) is 28.2 Å². The van der Waals surface area contributed by atoms with E-state index in [1.807, 2.05) is 6.07 Å². The number of methoxy groups -OCH3 is 1. The predicted molar refractivity (Wildman–Crippen MR) is 94.9 cm³/mol. The molecular weight excluding hydrogens is 346 g/mol. The SMILES string of the molecule is COC(=O)c1sc2nc(C[NH+](C)Cc3cccs3)[nH]c(=O)c2c1C. The molecule has 3 heterocycles. The molecule has 0 aromatic carbocycles. The Morgan fingerprint density at radius 2 is 2.21 bits per heavy atom. The Morgan fingerprint density at radius 1 is 1.42 bits per heavy atom. The van der Waals surface area contributed by atoms with Crippen molar-refractivity contribution in [1.82, 2.24) is 9.97 Å². The van der Waals surface area contributed by atoms with E-state index in [0.29, 0.717) is 33.0 Å². The van der Waals surface area contributed by atoms with Gasteiger partial charge >= 0.3 is 5.97 Å². The molecule has 0 aliphatic heterocycles. The average Bonchev–Trinajstić information content (AvgIpc) is 3.14. The van der Waals surface area contributed by atoms with Crippen LogP contribution in [0.5, 0.6) is 0 Å². The van der Waals surface area contributed by atoms with Gasteiger partial charge < -0.3 is 14.6 Å². The highest BCUT2D eigenvalue weighted by molar-refractivity contribution is 7.20. The molecule has 2 N–H and O–H groups in total. The second kappa shape index (κ2) is 6.84. The van der Waals surface area contributed by atoms with Crippen LogP contribution in [0.15, 0.2) is 22.3 Å². The van der Waals surface area contributed by atoms with Gasteiger partial charge in [-0.05, 0) is 23.9 Å². The third kappa shape index (κ3) is 3.26. The fourth-order valence-corrected chi connectivity index (χ4v) is 4.56. The van der Waals surface area contributed by atoms with Gasteiger partial charge in [-0.1, -0.05) is 6.07 Å². The van der Waals surface area contributed by atoms with Crippen LogP contribution in [0.1, 0.15) is 25.9 Å². The summed E-state index contributed by atoms with van der Waals surface area (Å²) in [5.74, 6) is 0.191. The molecule has 6 nitrogen and oxygen atoms in total. The normalized spacial score (nSPS) is 12.5. The Hall–Kier alpha value is -2.03. The average molecular weight is 364 g/mol. The first-order chi connectivity index (χ1) is 11.5. The van der Waals surface area contributed by atoms with Crippen molar-refractivity contribution in [2.24, 2.45) is 0 Å². The number of fused-ring (bicyclic) bond motifs is 1. The molecule has 3 rings (SSSR count). The number of nitrogens with one attached hydrogen (secondary N) is 2. The van der Waals surface area contributed by atoms with Gasteiger partial charge in [0.1, 0.15) is 22.8 Å². The van der Waals surface area contributed by atoms with Gasteiger partial charge in [0.05, 0.1) is 24.4 Å². The van der Waals surface area contributed by atoms with Gasteiger partial charge in [0.2, 0.25) is 0 Å². The van der Waals surface area contributed by atoms with E-state index in [2.05, 4.69) is 28.5 Å². The summed E-state index contributed by atoms with van der Waals surface area (Å²) in [6.07, 6.45) is 0. The van der Waals surface area contributed by atoms with Crippen LogP contribution in [0, 0.1) is 6.92 Å². The van der Waals surface area contributed by atoms with Gasteiger partial charge in [-0.3, -0.25) is 4.79 Å². The molecule has 0 radical (unpaired) electrons. The third-order valence-corrected chi connectivity index (χ3v) is 5.79. The number of H-pyrrole nitrogens is 1. The molecule has 0 bridgehead atoms. The van der Waals surface area contributed by atoms with E-state index < -0.39 is 5.97 Å². The quantitative estimate of drug-likeness (QED) is 0.670. The highest BCUT2D eigenvalue weighted by atomic mass is 32.1. The van der Waals surface area contributed by atoms with E-state index in [9.17, 15) is 9.59 Å². The molecule has 0 fully saturated rings. The van der Waals surface area contributed by atoms with Crippen LogP contribution >= 0.6 is 22.7 Å². The number of hydrogen-bond donors (Lipinski definition) is 2. The third-order valence-electron chi connectivity index (χ3n) is 3.75. The summed E-state index contributed by atoms with van der Waals surface area (Å²) in [5, 5.41) is 2.53. The molecule has 0 aliphatic carbocycles. The second-order valence-electron chi connectivity index (χ2n) is 5.63. The molecule has 3 aromatic rings. The highest BCUT2D eigenvalue weighted by Crippen LogP contribution is 2.27. The minimum absolute atomic E-state index is 0.206. The number of aromatic nitrogens is 2. The van der Waals surface area contributed by atoms with E-state index in [4.69, 9.17) is 4.74 Å². The van der Waals surface area contributed by atoms with Crippen LogP contribution < -0.4 is 10.5 Å². The monoisotopic (exact) mass is 364 g/mol. The van der Waals surface area contributed by atoms with E-state index in [-0.39, 0.29) is 5.56 Å². The molecule has 0 saturated heterocycles. The van der Waals surface area contributed by atoms with Crippen LogP contribution in [0.4, 0.5) is 0 Å². The zero-order chi connectivity index (χ0) is 17.3. The lowest BCUT2D eigenvalue weighted by Gasteiger charge is -2.12. The maximum Gasteiger partial charge on any atom is 0.348 e. The predicted octanol–water partition coefficient (Wildman–Crippen LogP) is 1.36. The van der Waals surface area contributed by atoms with Gasteiger partial charge in [-0.15, -0.1) is 22.7 Å². The molecule has 3 aromatic heterocycles. The largest absolute Gasteiger partial charge is 0.465 e. The van der Waals surface area contributed by atoms with E-state index in [0.717, 1.165) is 6.54 Å². The first-order valence-electron chi connectivity index (χ1n) is 7.44. The molecule has 1 unspecified atom stereocenters. The number of carbonyl (C=O) groups excluding carboxylic acids is 1. The zero-order valence-electron chi connectivity index (χ0n) is 13.6. The van der Waals surface area contributed by atoms with Gasteiger partial charge in [0.25, 0.3) is 5.56 Å². The number of thiophene rings is 2. The van der Waals surface area contributed by atoms with Gasteiger partial charge in [0.15, 0.2) is 5.82 Å². The van der Waals surface area contributed by atoms with Crippen molar-refractivity contribution in [2.75, 3.05) is 14.2 Å². The van der Waals surface area contributed by atoms with Crippen LogP contribution in [0.2, 0.25) is 0 Å². The molecule has 0 amide bonds. The highest BCUT2D eigenvalue weighted by Gasteiger charge is 2.20. The summed E-state index contributed by atoms with van der Waals surface area (Å²) in [4.78, 5) is 35.1. The van der Waals surface area contributed by atoms with Gasteiger partial charge in [0, 0.05) is 0 Å². The molecule has 1 atom stereocenters. The van der Waals surface area contributed by atoms with Crippen LogP contribution in [0.3, 0.4) is 0 Å². The number of rotatable bonds is 5. The number of esters is 1. The number of ether oxygens (including phenoxy) is 1. The fourth-order valence-electron chi connectivity index (χ4n) is 2.62. The fraction of sp³-hybridized carbons (Fsp3) is 0.312. The van der Waals surface area contributed by atoms with Crippen LogP contribution in [-0.4, -0.2) is 30.1 Å². The molecule has 0 aliphatic rings. The number of quaternary nitrogens is 1. The standard InChI is InChI=1S/C16H17N3O3S2/c1-9-12-14(20)17-11(8-19(2)7-10-5-4-6-23-10)18-15(12)24-13(9)16(21)22-3/h4-6H,7-8H2,1-3H3,(H,17,18,20)/p+1. The lowest BCUT2D eigenvalue weighted by molar-refractivity contribution is -0.908. The number of carbonyl (C=O) groups is 1. The second-order valence-corrected chi connectivity index (χ2v) is 7.66. The molecular formula is C16H18N3O3S2+. The van der Waals surface area contributed by atoms with E-state index in [1.54, 1.807) is 18.3 Å². The molecule has 8 heteroatoms. The minimum atomic E-state index is -0.433. The van der Waals surface area contributed by atoms with Gasteiger partial charge in [-0.2, -0.15) is 0 Å². The summed E-state index contributed by atoms with van der Waals surface area (Å²) >= 11 is 2.92. The van der Waals surface area contributed by atoms with Crippen molar-refractivity contribution >= 4 is 38.9 Å². The Balaban J connectivity index is 1.90. The van der Waals surface area contributed by atoms with Crippen molar-refractivity contribution in [2.45, 2.75) is 20.0 Å². The van der Waals surface area contributed by atoms with Crippen molar-refractivity contribution in [1.29, 1.82) is 0 Å². The maximum absolute atomic E-state index is 12.4. The van der Waals surface area contributed by atoms with Gasteiger partial charge in [-0.25, -0.2) is 9.78 Å². The minimum Gasteiger partial charge on any atom is -0.465 e. The summed E-state index contributed by atoms with van der Waals surface area (Å²) in [6, 6.07) is 4.13. The smallest absolute Gasteiger partial charge is 0.348 e. The molecule has 24 heavy (non-hydrogen) atoms. The summed E-state index contributed by atoms with van der Waals surface area (Å²) in [7, 11) is 3.39. The maximum atomic E-state index is 12.4. The van der Waals surface area contributed by atoms with Crippen molar-refractivity contribution in [3.63, 3.8) is 0 Å². The first kappa shape index (κ1) is 16.8. The number of nitrogens with zero attached hydrogens (tertiary/aromatic N) is 1. The molecule has 0 saturated carbocycles. The van der Waals surface area contributed by atoms with Crippen molar-refractivity contribution < 1.29 is 14.4 Å². The molecule has 126 valence electrons. The van der Waals surface area contributed by atoms with Crippen molar-refractivity contribution in [3.05, 3.63) is 49.0 Å². The summed E-state index contributed by atoms with van der Waals surface area (Å²) in [6.45, 7) is 3.22. The number of hydrogen-bond acceptors (Lipinski definition) is 6. The van der Waals surface area contributed by atoms with Crippen molar-refractivity contribution in [3.8, 4) is 0 Å². The zero-order valence-corrected chi connectivity index (χ0v) is 15.3. The molecule has 0 spiro atoms. The lowest BCUT2D eigenvalue weighted by atomic mass is 10.2. The first-order valence-corrected chi connectivity index (χ1v) is 9.13. The number of aromatic amines is 1. The Labute approximate surface area is 146 Å². The summed E-state index contributed by atoms with van der Waals surface area (Å²) in [5.41, 5.74) is 0.421. The Kier molecular flexibility index (Phi) is 4.79. The Bertz CT molecular complexity index is 928. The Morgan fingerprint density at radius 3 is 2.88 bits per heavy atom.